The van der Waals surface area contributed by atoms with Crippen LogP contribution in [0.2, 0.25) is 0 Å². The molecule has 132 valence electrons. The first-order valence-electron chi connectivity index (χ1n) is 8.76. The zero-order chi connectivity index (χ0) is 17.3. The lowest BCUT2D eigenvalue weighted by Crippen LogP contribution is -2.38. The van der Waals surface area contributed by atoms with Crippen molar-refractivity contribution in [3.05, 3.63) is 65.7 Å². The van der Waals surface area contributed by atoms with Crippen LogP contribution in [0.25, 0.3) is 0 Å². The smallest absolute Gasteiger partial charge is 0.191 e. The molecule has 5 nitrogen and oxygen atoms in total. The van der Waals surface area contributed by atoms with E-state index in [2.05, 4.69) is 56.9 Å². The van der Waals surface area contributed by atoms with E-state index in [0.29, 0.717) is 0 Å². The Morgan fingerprint density at radius 2 is 1.64 bits per heavy atom. The molecular weight excluding hydrogens is 312 g/mol. The fourth-order valence-electron chi connectivity index (χ4n) is 2.95. The van der Waals surface area contributed by atoms with Gasteiger partial charge in [0.05, 0.1) is 13.2 Å². The monoisotopic (exact) mass is 338 g/mol. The van der Waals surface area contributed by atoms with E-state index >= 15 is 0 Å². The van der Waals surface area contributed by atoms with E-state index in [-0.39, 0.29) is 0 Å². The van der Waals surface area contributed by atoms with Crippen LogP contribution in [0.15, 0.2) is 59.6 Å². The van der Waals surface area contributed by atoms with Gasteiger partial charge in [0.2, 0.25) is 0 Å². The van der Waals surface area contributed by atoms with Crippen LogP contribution >= 0.6 is 0 Å². The summed E-state index contributed by atoms with van der Waals surface area (Å²) in [4.78, 5) is 6.71. The molecule has 2 aromatic carbocycles. The van der Waals surface area contributed by atoms with Crippen LogP contribution < -0.4 is 15.5 Å². The molecule has 0 unspecified atom stereocenters. The van der Waals surface area contributed by atoms with Gasteiger partial charge in [-0.05, 0) is 17.2 Å². The Morgan fingerprint density at radius 3 is 2.40 bits per heavy atom. The first kappa shape index (κ1) is 17.3. The number of para-hydroxylation sites is 1. The van der Waals surface area contributed by atoms with Crippen molar-refractivity contribution < 1.29 is 4.74 Å². The number of nitrogens with zero attached hydrogens (tertiary/aromatic N) is 2. The van der Waals surface area contributed by atoms with Crippen molar-refractivity contribution in [3.63, 3.8) is 0 Å². The first-order chi connectivity index (χ1) is 12.4. The number of anilines is 1. The van der Waals surface area contributed by atoms with E-state index in [1.165, 1.54) is 16.8 Å². The lowest BCUT2D eigenvalue weighted by Gasteiger charge is -2.30. The van der Waals surface area contributed by atoms with Crippen molar-refractivity contribution >= 4 is 11.6 Å². The highest BCUT2D eigenvalue weighted by molar-refractivity contribution is 5.79. The van der Waals surface area contributed by atoms with Crippen LogP contribution in [-0.2, 0) is 17.8 Å². The quantitative estimate of drug-likeness (QED) is 0.649. The van der Waals surface area contributed by atoms with Gasteiger partial charge < -0.3 is 20.3 Å². The number of ether oxygens (including phenoxy) is 1. The van der Waals surface area contributed by atoms with Crippen molar-refractivity contribution in [2.45, 2.75) is 13.1 Å². The zero-order valence-corrected chi connectivity index (χ0v) is 14.7. The van der Waals surface area contributed by atoms with Crippen molar-refractivity contribution in [1.82, 2.24) is 10.6 Å². The van der Waals surface area contributed by atoms with Crippen LogP contribution in [-0.4, -0.2) is 39.3 Å². The molecule has 2 aromatic rings. The lowest BCUT2D eigenvalue weighted by molar-refractivity contribution is 0.122. The highest BCUT2D eigenvalue weighted by Gasteiger charge is 2.14. The second-order valence-electron chi connectivity index (χ2n) is 5.99. The number of guanidine groups is 1. The number of benzene rings is 2. The summed E-state index contributed by atoms with van der Waals surface area (Å²) in [7, 11) is 1.80. The Balaban J connectivity index is 1.58. The molecule has 25 heavy (non-hydrogen) atoms. The van der Waals surface area contributed by atoms with Gasteiger partial charge in [-0.3, -0.25) is 4.99 Å². The Bertz CT molecular complexity index is 681. The maximum atomic E-state index is 5.46. The second kappa shape index (κ2) is 9.08. The zero-order valence-electron chi connectivity index (χ0n) is 14.7. The number of hydrogen-bond donors (Lipinski definition) is 2. The van der Waals surface area contributed by atoms with E-state index in [9.17, 15) is 0 Å². The van der Waals surface area contributed by atoms with Crippen LogP contribution in [0.1, 0.15) is 11.1 Å². The minimum atomic E-state index is 0.738. The van der Waals surface area contributed by atoms with E-state index in [0.717, 1.165) is 45.4 Å². The van der Waals surface area contributed by atoms with Crippen LogP contribution in [0.4, 0.5) is 5.69 Å². The van der Waals surface area contributed by atoms with Gasteiger partial charge in [0.15, 0.2) is 5.96 Å². The average Bonchev–Trinajstić information content (AvgIpc) is 2.70. The predicted octanol–water partition coefficient (Wildman–Crippen LogP) is 2.39. The topological polar surface area (TPSA) is 48.9 Å². The number of nitrogens with one attached hydrogen (secondary N) is 2. The van der Waals surface area contributed by atoms with Gasteiger partial charge in [-0.1, -0.05) is 48.5 Å². The molecule has 0 bridgehead atoms. The largest absolute Gasteiger partial charge is 0.378 e. The summed E-state index contributed by atoms with van der Waals surface area (Å²) < 4.78 is 5.46. The molecule has 0 radical (unpaired) electrons. The summed E-state index contributed by atoms with van der Waals surface area (Å²) in [6.07, 6.45) is 0. The molecule has 0 aromatic heterocycles. The molecular formula is C20H26N4O. The summed E-state index contributed by atoms with van der Waals surface area (Å²) in [6.45, 7) is 4.97. The second-order valence-corrected chi connectivity index (χ2v) is 5.99. The van der Waals surface area contributed by atoms with Gasteiger partial charge in [0.25, 0.3) is 0 Å². The number of hydrogen-bond acceptors (Lipinski definition) is 3. The van der Waals surface area contributed by atoms with Gasteiger partial charge in [-0.2, -0.15) is 0 Å². The SMILES string of the molecule is CN=C(NCc1ccccc1)NCc1ccccc1N1CCOCC1. The molecule has 1 fully saturated rings. The fraction of sp³-hybridized carbons (Fsp3) is 0.350. The van der Waals surface area contributed by atoms with E-state index in [1.807, 2.05) is 18.2 Å². The third-order valence-electron chi connectivity index (χ3n) is 4.32. The molecule has 0 aliphatic carbocycles. The van der Waals surface area contributed by atoms with Gasteiger partial charge in [-0.15, -0.1) is 0 Å². The Labute approximate surface area is 149 Å². The average molecular weight is 338 g/mol. The Hall–Kier alpha value is -2.53. The number of rotatable bonds is 5. The minimum absolute atomic E-state index is 0.738. The summed E-state index contributed by atoms with van der Waals surface area (Å²) >= 11 is 0. The number of aliphatic imine (C=N–C) groups is 1. The van der Waals surface area contributed by atoms with Crippen LogP contribution in [0.5, 0.6) is 0 Å². The summed E-state index contributed by atoms with van der Waals surface area (Å²) in [5.41, 5.74) is 3.78. The van der Waals surface area contributed by atoms with Crippen molar-refractivity contribution in [3.8, 4) is 0 Å². The molecule has 5 heteroatoms. The summed E-state index contributed by atoms with van der Waals surface area (Å²) in [6, 6.07) is 18.9. The van der Waals surface area contributed by atoms with Crippen LogP contribution in [0.3, 0.4) is 0 Å². The molecule has 0 amide bonds. The summed E-state index contributed by atoms with van der Waals surface area (Å²) in [5, 5.41) is 6.78. The highest BCUT2D eigenvalue weighted by Crippen LogP contribution is 2.21. The highest BCUT2D eigenvalue weighted by atomic mass is 16.5. The van der Waals surface area contributed by atoms with Crippen LogP contribution in [0, 0.1) is 0 Å². The molecule has 3 rings (SSSR count). The molecule has 1 heterocycles. The maximum Gasteiger partial charge on any atom is 0.191 e. The number of morpholine rings is 1. The third kappa shape index (κ3) is 4.97. The summed E-state index contributed by atoms with van der Waals surface area (Å²) in [5.74, 6) is 0.806. The molecule has 0 spiro atoms. The standard InChI is InChI=1S/C20H26N4O/c1-21-20(22-15-17-7-3-2-4-8-17)23-16-18-9-5-6-10-19(18)24-11-13-25-14-12-24/h2-10H,11-16H2,1H3,(H2,21,22,23). The molecule has 0 saturated carbocycles. The first-order valence-corrected chi connectivity index (χ1v) is 8.76. The minimum Gasteiger partial charge on any atom is -0.378 e. The molecule has 2 N–H and O–H groups in total. The van der Waals surface area contributed by atoms with E-state index in [4.69, 9.17) is 4.74 Å². The fourth-order valence-corrected chi connectivity index (χ4v) is 2.95. The Morgan fingerprint density at radius 1 is 0.960 bits per heavy atom. The molecule has 0 atom stereocenters. The van der Waals surface area contributed by atoms with Crippen molar-refractivity contribution in [2.75, 3.05) is 38.3 Å². The van der Waals surface area contributed by atoms with Gasteiger partial charge >= 0.3 is 0 Å². The predicted molar refractivity (Wildman–Crippen MR) is 103 cm³/mol. The van der Waals surface area contributed by atoms with E-state index < -0.39 is 0 Å². The third-order valence-corrected chi connectivity index (χ3v) is 4.32. The Kier molecular flexibility index (Phi) is 6.29. The molecule has 1 aliphatic heterocycles. The normalized spacial score (nSPS) is 15.1. The van der Waals surface area contributed by atoms with Gasteiger partial charge in [0.1, 0.15) is 0 Å². The maximum absolute atomic E-state index is 5.46. The van der Waals surface area contributed by atoms with Gasteiger partial charge in [0, 0.05) is 38.9 Å². The van der Waals surface area contributed by atoms with Crippen molar-refractivity contribution in [2.24, 2.45) is 4.99 Å². The van der Waals surface area contributed by atoms with E-state index in [1.54, 1.807) is 7.05 Å². The lowest BCUT2D eigenvalue weighted by atomic mass is 10.1. The molecule has 1 aliphatic rings. The van der Waals surface area contributed by atoms with Gasteiger partial charge in [-0.25, -0.2) is 0 Å². The van der Waals surface area contributed by atoms with Crippen molar-refractivity contribution in [1.29, 1.82) is 0 Å². The molecule has 1 saturated heterocycles.